The van der Waals surface area contributed by atoms with Crippen molar-refractivity contribution in [3.8, 4) is 0 Å². The molecule has 0 amide bonds. The van der Waals surface area contributed by atoms with E-state index in [4.69, 9.17) is 0 Å². The molecular formula is C33H31N5. The highest BCUT2D eigenvalue weighted by molar-refractivity contribution is 5.90. The summed E-state index contributed by atoms with van der Waals surface area (Å²) in [6.07, 6.45) is -0.0978. The largest absolute Gasteiger partial charge is 0.360 e. The number of para-hydroxylation sites is 2. The Labute approximate surface area is 223 Å². The van der Waals surface area contributed by atoms with E-state index in [1.54, 1.807) is 0 Å². The van der Waals surface area contributed by atoms with E-state index in [-0.39, 0.29) is 24.7 Å². The topological polar surface area (TPSA) is 51.4 Å². The van der Waals surface area contributed by atoms with Crippen LogP contribution in [0.4, 0.5) is 11.4 Å². The smallest absolute Gasteiger partial charge is 0.126 e. The average Bonchev–Trinajstić information content (AvgIpc) is 3.33. The second-order valence-electron chi connectivity index (χ2n) is 10.1. The van der Waals surface area contributed by atoms with Crippen LogP contribution in [0, 0.1) is 0 Å². The summed E-state index contributed by atoms with van der Waals surface area (Å²) >= 11 is 0. The van der Waals surface area contributed by atoms with Crippen molar-refractivity contribution in [1.82, 2.24) is 16.0 Å². The van der Waals surface area contributed by atoms with Gasteiger partial charge in [-0.25, -0.2) is 0 Å². The molecule has 0 aliphatic carbocycles. The molecular weight excluding hydrogens is 466 g/mol. The summed E-state index contributed by atoms with van der Waals surface area (Å²) in [7, 11) is 2.18. The first-order chi connectivity index (χ1) is 18.8. The number of hydrogen-bond acceptors (Lipinski definition) is 5. The maximum absolute atomic E-state index is 3.88. The minimum atomic E-state index is -0.0785. The monoisotopic (exact) mass is 497 g/mol. The van der Waals surface area contributed by atoms with E-state index >= 15 is 0 Å². The van der Waals surface area contributed by atoms with Gasteiger partial charge in [0.25, 0.3) is 0 Å². The molecule has 7 rings (SSSR count). The third-order valence-electron chi connectivity index (χ3n) is 7.82. The summed E-state index contributed by atoms with van der Waals surface area (Å²) in [5, 5.41) is 17.9. The molecule has 0 aromatic heterocycles. The van der Waals surface area contributed by atoms with Crippen LogP contribution < -0.4 is 26.2 Å². The average molecular weight is 498 g/mol. The van der Waals surface area contributed by atoms with E-state index < -0.39 is 0 Å². The van der Waals surface area contributed by atoms with Gasteiger partial charge in [0, 0.05) is 12.6 Å². The van der Waals surface area contributed by atoms with E-state index in [0.29, 0.717) is 0 Å². The van der Waals surface area contributed by atoms with E-state index in [1.807, 2.05) is 0 Å². The second kappa shape index (κ2) is 9.62. The molecule has 1 saturated heterocycles. The van der Waals surface area contributed by atoms with Crippen LogP contribution in [-0.4, -0.2) is 7.05 Å². The molecule has 0 saturated carbocycles. The number of nitrogens with zero attached hydrogens (tertiary/aromatic N) is 1. The summed E-state index contributed by atoms with van der Waals surface area (Å²) in [4.78, 5) is 2.35. The molecule has 1 fully saturated rings. The van der Waals surface area contributed by atoms with Crippen LogP contribution in [-0.2, 0) is 0 Å². The lowest BCUT2D eigenvalue weighted by Crippen LogP contribution is -2.54. The first kappa shape index (κ1) is 23.0. The molecule has 2 aliphatic heterocycles. The molecule has 0 radical (unpaired) electrons. The van der Waals surface area contributed by atoms with E-state index in [9.17, 15) is 0 Å². The van der Waals surface area contributed by atoms with Gasteiger partial charge in [-0.2, -0.15) is 0 Å². The number of anilines is 2. The SMILES string of the molecule is CN1c2ccccc2NC1c1c(C2NC(c3ccccc3)NC(c3ccccc3)N2)ccc2ccccc12. The standard InChI is InChI=1S/C33H31N5/c1-38-28-19-11-10-18-27(28)34-33(38)29-25-17-9-8-12-22(25)20-21-26(29)32-36-30(23-13-4-2-5-14-23)35-31(37-32)24-15-6-3-7-16-24/h2-21,30-37H,1H3. The highest BCUT2D eigenvalue weighted by Gasteiger charge is 2.35. The van der Waals surface area contributed by atoms with Crippen molar-refractivity contribution in [2.45, 2.75) is 24.7 Å². The lowest BCUT2D eigenvalue weighted by molar-refractivity contribution is 0.202. The van der Waals surface area contributed by atoms with E-state index in [2.05, 4.69) is 155 Å². The molecule has 38 heavy (non-hydrogen) atoms. The van der Waals surface area contributed by atoms with Gasteiger partial charge in [0.15, 0.2) is 0 Å². The third-order valence-corrected chi connectivity index (χ3v) is 7.82. The Balaban J connectivity index is 1.36. The Morgan fingerprint density at radius 3 is 1.82 bits per heavy atom. The van der Waals surface area contributed by atoms with Gasteiger partial charge in [-0.15, -0.1) is 0 Å². The Kier molecular flexibility index (Phi) is 5.82. The molecule has 0 bridgehead atoms. The van der Waals surface area contributed by atoms with Crippen molar-refractivity contribution in [1.29, 1.82) is 0 Å². The zero-order valence-corrected chi connectivity index (χ0v) is 21.3. The number of nitrogens with one attached hydrogen (secondary N) is 4. The van der Waals surface area contributed by atoms with Crippen LogP contribution in [0.5, 0.6) is 0 Å². The van der Waals surface area contributed by atoms with Crippen LogP contribution >= 0.6 is 0 Å². The highest BCUT2D eigenvalue weighted by Crippen LogP contribution is 2.44. The van der Waals surface area contributed by atoms with Gasteiger partial charge in [-0.3, -0.25) is 16.0 Å². The second-order valence-corrected chi connectivity index (χ2v) is 10.1. The van der Waals surface area contributed by atoms with Crippen molar-refractivity contribution in [3.05, 3.63) is 144 Å². The molecule has 5 heteroatoms. The zero-order valence-electron chi connectivity index (χ0n) is 21.3. The van der Waals surface area contributed by atoms with Gasteiger partial charge < -0.3 is 10.2 Å². The normalized spacial score (nSPS) is 22.7. The van der Waals surface area contributed by atoms with Crippen molar-refractivity contribution in [2.75, 3.05) is 17.3 Å². The molecule has 2 aliphatic rings. The molecule has 3 unspecified atom stereocenters. The minimum absolute atomic E-state index is 0.0114. The quantitative estimate of drug-likeness (QED) is 0.226. The number of fused-ring (bicyclic) bond motifs is 2. The first-order valence-corrected chi connectivity index (χ1v) is 13.2. The number of hydrogen-bond donors (Lipinski definition) is 4. The Morgan fingerprint density at radius 2 is 1.13 bits per heavy atom. The van der Waals surface area contributed by atoms with Crippen LogP contribution in [0.3, 0.4) is 0 Å². The Bertz CT molecular complexity index is 1520. The summed E-state index contributed by atoms with van der Waals surface area (Å²) in [6.45, 7) is 0. The van der Waals surface area contributed by atoms with Gasteiger partial charge >= 0.3 is 0 Å². The fourth-order valence-corrected chi connectivity index (χ4v) is 5.92. The van der Waals surface area contributed by atoms with Crippen LogP contribution in [0.2, 0.25) is 0 Å². The summed E-state index contributed by atoms with van der Waals surface area (Å²) in [5.41, 5.74) is 7.33. The van der Waals surface area contributed by atoms with Crippen molar-refractivity contribution in [3.63, 3.8) is 0 Å². The maximum atomic E-state index is 3.88. The van der Waals surface area contributed by atoms with Crippen LogP contribution in [0.1, 0.15) is 46.9 Å². The van der Waals surface area contributed by atoms with Gasteiger partial charge in [0.1, 0.15) is 6.17 Å². The lowest BCUT2D eigenvalue weighted by atomic mass is 9.93. The molecule has 188 valence electrons. The highest BCUT2D eigenvalue weighted by atomic mass is 15.4. The number of benzene rings is 5. The van der Waals surface area contributed by atoms with Gasteiger partial charge in [-0.05, 0) is 39.6 Å². The minimum Gasteiger partial charge on any atom is -0.360 e. The van der Waals surface area contributed by atoms with E-state index in [0.717, 1.165) is 5.69 Å². The van der Waals surface area contributed by atoms with E-state index in [1.165, 1.54) is 38.7 Å². The fourth-order valence-electron chi connectivity index (χ4n) is 5.92. The van der Waals surface area contributed by atoms with Gasteiger partial charge in [0.05, 0.1) is 29.9 Å². The maximum Gasteiger partial charge on any atom is 0.126 e. The Morgan fingerprint density at radius 1 is 0.553 bits per heavy atom. The zero-order chi connectivity index (χ0) is 25.5. The van der Waals surface area contributed by atoms with Gasteiger partial charge in [-0.1, -0.05) is 109 Å². The predicted octanol–water partition coefficient (Wildman–Crippen LogP) is 6.58. The Hall–Kier alpha value is -4.16. The summed E-state index contributed by atoms with van der Waals surface area (Å²) in [6, 6.07) is 43.0. The van der Waals surface area contributed by atoms with Gasteiger partial charge in [0.2, 0.25) is 0 Å². The molecule has 5 aromatic rings. The van der Waals surface area contributed by atoms with Crippen LogP contribution in [0.15, 0.2) is 121 Å². The van der Waals surface area contributed by atoms with Crippen molar-refractivity contribution in [2.24, 2.45) is 0 Å². The molecule has 0 spiro atoms. The first-order valence-electron chi connectivity index (χ1n) is 13.2. The summed E-state index contributed by atoms with van der Waals surface area (Å²) < 4.78 is 0. The fraction of sp³-hybridized carbons (Fsp3) is 0.152. The predicted molar refractivity (Wildman–Crippen MR) is 156 cm³/mol. The summed E-state index contributed by atoms with van der Waals surface area (Å²) in [5.74, 6) is 0. The number of rotatable bonds is 4. The van der Waals surface area contributed by atoms with Crippen LogP contribution in [0.25, 0.3) is 10.8 Å². The van der Waals surface area contributed by atoms with Crippen molar-refractivity contribution < 1.29 is 0 Å². The molecule has 5 aromatic carbocycles. The molecule has 2 heterocycles. The third kappa shape index (κ3) is 4.02. The van der Waals surface area contributed by atoms with Crippen molar-refractivity contribution >= 4 is 22.1 Å². The molecule has 4 N–H and O–H groups in total. The molecule has 5 nitrogen and oxygen atoms in total. The molecule has 3 atom stereocenters. The lowest BCUT2D eigenvalue weighted by Gasteiger charge is -2.41.